The molecule has 0 aliphatic carbocycles. The summed E-state index contributed by atoms with van der Waals surface area (Å²) in [7, 11) is -4.06. The number of thiophene rings is 1. The first-order chi connectivity index (χ1) is 15.3. The van der Waals surface area contributed by atoms with E-state index < -0.39 is 20.6 Å². The van der Waals surface area contributed by atoms with Crippen molar-refractivity contribution in [3.8, 4) is 10.4 Å². The summed E-state index contributed by atoms with van der Waals surface area (Å²) in [6.07, 6.45) is 0. The van der Waals surface area contributed by atoms with Gasteiger partial charge in [-0.2, -0.15) is 4.31 Å². The van der Waals surface area contributed by atoms with Gasteiger partial charge in [0, 0.05) is 37.1 Å². The highest BCUT2D eigenvalue weighted by Crippen LogP contribution is 2.30. The molecule has 8 nitrogen and oxygen atoms in total. The molecule has 0 N–H and O–H groups in total. The van der Waals surface area contributed by atoms with Crippen molar-refractivity contribution in [2.24, 2.45) is 0 Å². The summed E-state index contributed by atoms with van der Waals surface area (Å²) < 4.78 is 40.2. The molecule has 166 valence electrons. The molecule has 0 saturated carbocycles. The summed E-state index contributed by atoms with van der Waals surface area (Å²) in [5.41, 5.74) is 0.328. The summed E-state index contributed by atoms with van der Waals surface area (Å²) in [5, 5.41) is 11.2. The summed E-state index contributed by atoms with van der Waals surface area (Å²) in [4.78, 5) is 25.9. The van der Waals surface area contributed by atoms with Crippen molar-refractivity contribution in [3.63, 3.8) is 0 Å². The Kier molecular flexibility index (Phi) is 6.04. The van der Waals surface area contributed by atoms with Crippen LogP contribution >= 0.6 is 11.3 Å². The first-order valence-electron chi connectivity index (χ1n) is 9.66. The van der Waals surface area contributed by atoms with Crippen molar-refractivity contribution in [2.45, 2.75) is 4.90 Å². The highest BCUT2D eigenvalue weighted by atomic mass is 32.2. The molecule has 0 bridgehead atoms. The number of benzene rings is 2. The second-order valence-electron chi connectivity index (χ2n) is 7.09. The van der Waals surface area contributed by atoms with Crippen LogP contribution in [0.3, 0.4) is 0 Å². The van der Waals surface area contributed by atoms with Crippen LogP contribution in [0.4, 0.5) is 10.1 Å². The maximum atomic E-state index is 13.1. The van der Waals surface area contributed by atoms with Gasteiger partial charge in [0.15, 0.2) is 4.90 Å². The Hall–Kier alpha value is -3.15. The monoisotopic (exact) mass is 475 g/mol. The molecule has 0 atom stereocenters. The van der Waals surface area contributed by atoms with Gasteiger partial charge in [0.2, 0.25) is 10.0 Å². The van der Waals surface area contributed by atoms with Gasteiger partial charge in [-0.3, -0.25) is 14.9 Å². The van der Waals surface area contributed by atoms with Gasteiger partial charge in [-0.1, -0.05) is 24.3 Å². The van der Waals surface area contributed by atoms with E-state index in [1.807, 2.05) is 0 Å². The second-order valence-corrected chi connectivity index (χ2v) is 10.1. The average Bonchev–Trinajstić information content (AvgIpc) is 3.29. The lowest BCUT2D eigenvalue weighted by Crippen LogP contribution is -2.50. The first kappa shape index (κ1) is 22.1. The molecule has 0 unspecified atom stereocenters. The lowest BCUT2D eigenvalue weighted by atomic mass is 10.2. The third-order valence-corrected chi connectivity index (χ3v) is 8.22. The number of rotatable bonds is 5. The molecule has 1 fully saturated rings. The Labute approximate surface area is 187 Å². The number of carbonyl (C=O) groups is 1. The first-order valence-corrected chi connectivity index (χ1v) is 11.9. The molecular formula is C21H18FN3O5S2. The van der Waals surface area contributed by atoms with Gasteiger partial charge < -0.3 is 4.90 Å². The zero-order valence-electron chi connectivity index (χ0n) is 16.7. The second kappa shape index (κ2) is 8.77. The molecule has 32 heavy (non-hydrogen) atoms. The third-order valence-electron chi connectivity index (χ3n) is 5.15. The van der Waals surface area contributed by atoms with Crippen LogP contribution < -0.4 is 0 Å². The number of nitro groups is 1. The van der Waals surface area contributed by atoms with Gasteiger partial charge in [0.1, 0.15) is 5.82 Å². The number of hydrogen-bond acceptors (Lipinski definition) is 6. The highest BCUT2D eigenvalue weighted by molar-refractivity contribution is 7.89. The quantitative estimate of drug-likeness (QED) is 0.415. The number of carbonyl (C=O) groups excluding carboxylic acids is 1. The van der Waals surface area contributed by atoms with Crippen LogP contribution in [-0.2, 0) is 10.0 Å². The molecule has 2 heterocycles. The van der Waals surface area contributed by atoms with E-state index >= 15 is 0 Å². The Bertz CT molecular complexity index is 1270. The van der Waals surface area contributed by atoms with E-state index in [0.29, 0.717) is 4.88 Å². The molecule has 1 aliphatic rings. The predicted octanol–water partition coefficient (Wildman–Crippen LogP) is 3.61. The summed E-state index contributed by atoms with van der Waals surface area (Å²) >= 11 is 1.28. The molecule has 0 spiro atoms. The molecule has 1 amide bonds. The van der Waals surface area contributed by atoms with Crippen LogP contribution in [0.5, 0.6) is 0 Å². The number of nitrogens with zero attached hydrogens (tertiary/aromatic N) is 3. The standard InChI is InChI=1S/C21H18FN3O5S2/c22-16-7-5-15(6-8-16)18-9-10-19(31-18)21(26)23-11-13-24(14-12-23)32(29,30)20-4-2-1-3-17(20)25(27)28/h1-10H,11-14H2. The minimum absolute atomic E-state index is 0.0380. The van der Waals surface area contributed by atoms with Gasteiger partial charge in [-0.25, -0.2) is 12.8 Å². The lowest BCUT2D eigenvalue weighted by molar-refractivity contribution is -0.387. The van der Waals surface area contributed by atoms with Crippen LogP contribution in [0.2, 0.25) is 0 Å². The fraction of sp³-hybridized carbons (Fsp3) is 0.190. The Morgan fingerprint density at radius 3 is 2.28 bits per heavy atom. The summed E-state index contributed by atoms with van der Waals surface area (Å²) in [6, 6.07) is 14.7. The molecular weight excluding hydrogens is 457 g/mol. The number of para-hydroxylation sites is 1. The van der Waals surface area contributed by atoms with Crippen LogP contribution in [0.25, 0.3) is 10.4 Å². The Balaban J connectivity index is 1.45. The normalized spacial score (nSPS) is 15.0. The average molecular weight is 476 g/mol. The number of hydrogen-bond donors (Lipinski definition) is 0. The SMILES string of the molecule is O=C(c1ccc(-c2ccc(F)cc2)s1)N1CCN(S(=O)(=O)c2ccccc2[N+](=O)[O-])CC1. The van der Waals surface area contributed by atoms with Gasteiger partial charge in [-0.15, -0.1) is 11.3 Å². The highest BCUT2D eigenvalue weighted by Gasteiger charge is 2.34. The van der Waals surface area contributed by atoms with E-state index in [2.05, 4.69) is 0 Å². The molecule has 3 aromatic rings. The molecule has 1 aromatic heterocycles. The molecule has 11 heteroatoms. The van der Waals surface area contributed by atoms with Crippen LogP contribution in [0.1, 0.15) is 9.67 Å². The minimum Gasteiger partial charge on any atom is -0.335 e. The topological polar surface area (TPSA) is 101 Å². The Morgan fingerprint density at radius 1 is 0.969 bits per heavy atom. The van der Waals surface area contributed by atoms with Crippen LogP contribution in [0, 0.1) is 15.9 Å². The van der Waals surface area contributed by atoms with Gasteiger partial charge in [0.25, 0.3) is 11.6 Å². The maximum absolute atomic E-state index is 13.1. The number of amides is 1. The van der Waals surface area contributed by atoms with Crippen molar-refractivity contribution in [1.82, 2.24) is 9.21 Å². The van der Waals surface area contributed by atoms with Gasteiger partial charge >= 0.3 is 0 Å². The zero-order chi connectivity index (χ0) is 22.9. The van der Waals surface area contributed by atoms with E-state index in [1.165, 1.54) is 41.7 Å². The van der Waals surface area contributed by atoms with Gasteiger partial charge in [0.05, 0.1) is 9.80 Å². The lowest BCUT2D eigenvalue weighted by Gasteiger charge is -2.33. The molecule has 1 saturated heterocycles. The van der Waals surface area contributed by atoms with Crippen molar-refractivity contribution in [2.75, 3.05) is 26.2 Å². The van der Waals surface area contributed by atoms with Crippen LogP contribution in [0.15, 0.2) is 65.6 Å². The Morgan fingerprint density at radius 2 is 1.62 bits per heavy atom. The number of sulfonamides is 1. The molecule has 1 aliphatic heterocycles. The largest absolute Gasteiger partial charge is 0.335 e. The predicted molar refractivity (Wildman–Crippen MR) is 117 cm³/mol. The van der Waals surface area contributed by atoms with E-state index in [-0.39, 0.29) is 42.8 Å². The molecule has 4 rings (SSSR count). The number of halogens is 1. The number of piperazine rings is 1. The van der Waals surface area contributed by atoms with E-state index in [9.17, 15) is 27.7 Å². The number of nitro benzene ring substituents is 1. The molecule has 2 aromatic carbocycles. The zero-order valence-corrected chi connectivity index (χ0v) is 18.3. The van der Waals surface area contributed by atoms with Gasteiger partial charge in [-0.05, 0) is 35.9 Å². The van der Waals surface area contributed by atoms with Crippen molar-refractivity contribution in [1.29, 1.82) is 0 Å². The smallest absolute Gasteiger partial charge is 0.289 e. The fourth-order valence-electron chi connectivity index (χ4n) is 3.47. The van der Waals surface area contributed by atoms with E-state index in [0.717, 1.165) is 20.8 Å². The summed E-state index contributed by atoms with van der Waals surface area (Å²) in [5.74, 6) is -0.554. The van der Waals surface area contributed by atoms with Crippen molar-refractivity contribution >= 4 is 33.0 Å². The van der Waals surface area contributed by atoms with Crippen molar-refractivity contribution < 1.29 is 22.5 Å². The summed E-state index contributed by atoms with van der Waals surface area (Å²) in [6.45, 7) is 0.414. The minimum atomic E-state index is -4.06. The van der Waals surface area contributed by atoms with E-state index in [1.54, 1.807) is 29.2 Å². The van der Waals surface area contributed by atoms with Crippen molar-refractivity contribution in [3.05, 3.63) is 81.5 Å². The third kappa shape index (κ3) is 4.27. The molecule has 0 radical (unpaired) electrons. The fourth-order valence-corrected chi connectivity index (χ4v) is 6.03. The van der Waals surface area contributed by atoms with Crippen LogP contribution in [-0.4, -0.2) is 54.6 Å². The van der Waals surface area contributed by atoms with E-state index in [4.69, 9.17) is 0 Å². The maximum Gasteiger partial charge on any atom is 0.289 e.